The van der Waals surface area contributed by atoms with Gasteiger partial charge in [0.05, 0.1) is 13.7 Å². The molecule has 1 unspecified atom stereocenters. The van der Waals surface area contributed by atoms with Crippen LogP contribution in [-0.4, -0.2) is 33.4 Å². The molecule has 17 heavy (non-hydrogen) atoms. The van der Waals surface area contributed by atoms with Crippen molar-refractivity contribution < 1.29 is 9.47 Å². The maximum atomic E-state index is 5.39. The van der Waals surface area contributed by atoms with Crippen LogP contribution in [0.2, 0.25) is 0 Å². The zero-order valence-electron chi connectivity index (χ0n) is 11.2. The molecule has 1 aromatic rings. The molecule has 0 radical (unpaired) electrons. The highest BCUT2D eigenvalue weighted by molar-refractivity contribution is 5.37. The largest absolute Gasteiger partial charge is 0.496 e. The van der Waals surface area contributed by atoms with E-state index in [0.29, 0.717) is 12.6 Å². The molecule has 0 bridgehead atoms. The van der Waals surface area contributed by atoms with Gasteiger partial charge in [0.25, 0.3) is 0 Å². The van der Waals surface area contributed by atoms with E-state index < -0.39 is 0 Å². The van der Waals surface area contributed by atoms with Gasteiger partial charge in [-0.05, 0) is 31.5 Å². The van der Waals surface area contributed by atoms with E-state index in [9.17, 15) is 0 Å². The van der Waals surface area contributed by atoms with E-state index in [2.05, 4.69) is 31.3 Å². The van der Waals surface area contributed by atoms with Gasteiger partial charge in [0.2, 0.25) is 0 Å². The topological polar surface area (TPSA) is 30.5 Å². The molecule has 3 nitrogen and oxygen atoms in total. The van der Waals surface area contributed by atoms with Gasteiger partial charge in [-0.2, -0.15) is 0 Å². The fourth-order valence-electron chi connectivity index (χ4n) is 2.01. The van der Waals surface area contributed by atoms with Crippen LogP contribution in [0.15, 0.2) is 18.2 Å². The van der Waals surface area contributed by atoms with E-state index in [1.807, 2.05) is 6.07 Å². The molecule has 1 N–H and O–H groups in total. The fourth-order valence-corrected chi connectivity index (χ4v) is 2.01. The van der Waals surface area contributed by atoms with Crippen molar-refractivity contribution in [1.82, 2.24) is 5.32 Å². The maximum Gasteiger partial charge on any atom is 0.122 e. The number of nitrogens with one attached hydrogen (secondary N) is 1. The van der Waals surface area contributed by atoms with Crippen molar-refractivity contribution in [3.63, 3.8) is 0 Å². The lowest BCUT2D eigenvalue weighted by atomic mass is 10.0. The maximum absolute atomic E-state index is 5.39. The number of methoxy groups -OCH3 is 2. The molecule has 0 saturated carbocycles. The summed E-state index contributed by atoms with van der Waals surface area (Å²) in [5.74, 6) is 0.953. The zero-order chi connectivity index (χ0) is 12.7. The normalized spacial score (nSPS) is 12.5. The summed E-state index contributed by atoms with van der Waals surface area (Å²) in [6.07, 6.45) is 0.923. The molecule has 0 aromatic heterocycles. The highest BCUT2D eigenvalue weighted by Gasteiger charge is 2.11. The van der Waals surface area contributed by atoms with Crippen molar-refractivity contribution in [3.8, 4) is 5.75 Å². The highest BCUT2D eigenvalue weighted by atomic mass is 16.5. The number of hydrogen-bond acceptors (Lipinski definition) is 3. The molecule has 0 aliphatic rings. The van der Waals surface area contributed by atoms with Crippen molar-refractivity contribution in [3.05, 3.63) is 29.3 Å². The van der Waals surface area contributed by atoms with Crippen LogP contribution in [0.5, 0.6) is 5.75 Å². The van der Waals surface area contributed by atoms with Gasteiger partial charge in [0.15, 0.2) is 0 Å². The summed E-state index contributed by atoms with van der Waals surface area (Å²) >= 11 is 0. The Hall–Kier alpha value is -1.06. The standard InChI is InChI=1S/C14H23NO2/c1-5-15-13(10-16-3)9-12-8-11(2)6-7-14(12)17-4/h6-8,13,15H,5,9-10H2,1-4H3. The van der Waals surface area contributed by atoms with Gasteiger partial charge < -0.3 is 14.8 Å². The van der Waals surface area contributed by atoms with E-state index in [4.69, 9.17) is 9.47 Å². The Kier molecular flexibility index (Phi) is 6.01. The minimum Gasteiger partial charge on any atom is -0.496 e. The number of aryl methyl sites for hydroxylation is 1. The molecule has 0 saturated heterocycles. The molecule has 1 aromatic carbocycles. The molecule has 1 atom stereocenters. The summed E-state index contributed by atoms with van der Waals surface area (Å²) < 4.78 is 10.6. The van der Waals surface area contributed by atoms with E-state index >= 15 is 0 Å². The second-order valence-electron chi connectivity index (χ2n) is 4.23. The van der Waals surface area contributed by atoms with Crippen molar-refractivity contribution >= 4 is 0 Å². The van der Waals surface area contributed by atoms with Gasteiger partial charge in [0.1, 0.15) is 5.75 Å². The lowest BCUT2D eigenvalue weighted by Gasteiger charge is -2.18. The Morgan fingerprint density at radius 2 is 2.06 bits per heavy atom. The second kappa shape index (κ2) is 7.30. The monoisotopic (exact) mass is 237 g/mol. The lowest BCUT2D eigenvalue weighted by molar-refractivity contribution is 0.166. The van der Waals surface area contributed by atoms with Crippen molar-refractivity contribution in [1.29, 1.82) is 0 Å². The lowest BCUT2D eigenvalue weighted by Crippen LogP contribution is -2.35. The minimum absolute atomic E-state index is 0.334. The summed E-state index contributed by atoms with van der Waals surface area (Å²) in [4.78, 5) is 0. The third-order valence-corrected chi connectivity index (χ3v) is 2.76. The first-order valence-corrected chi connectivity index (χ1v) is 6.07. The second-order valence-corrected chi connectivity index (χ2v) is 4.23. The third kappa shape index (κ3) is 4.36. The van der Waals surface area contributed by atoms with E-state index in [1.54, 1.807) is 14.2 Å². The van der Waals surface area contributed by atoms with E-state index in [1.165, 1.54) is 11.1 Å². The zero-order valence-corrected chi connectivity index (χ0v) is 11.2. The Morgan fingerprint density at radius 3 is 2.65 bits per heavy atom. The molecule has 0 fully saturated rings. The number of rotatable bonds is 7. The summed E-state index contributed by atoms with van der Waals surface area (Å²) in [5.41, 5.74) is 2.49. The molecular formula is C14H23NO2. The Labute approximate surface area is 104 Å². The predicted octanol–water partition coefficient (Wildman–Crippen LogP) is 2.17. The molecule has 0 aliphatic heterocycles. The number of benzene rings is 1. The van der Waals surface area contributed by atoms with E-state index in [0.717, 1.165) is 18.7 Å². The van der Waals surface area contributed by atoms with Gasteiger partial charge >= 0.3 is 0 Å². The molecule has 0 spiro atoms. The SMILES string of the molecule is CCNC(COC)Cc1cc(C)ccc1OC. The smallest absolute Gasteiger partial charge is 0.122 e. The van der Waals surface area contributed by atoms with E-state index in [-0.39, 0.29) is 0 Å². The predicted molar refractivity (Wildman–Crippen MR) is 70.8 cm³/mol. The first-order chi connectivity index (χ1) is 8.21. The van der Waals surface area contributed by atoms with Crippen LogP contribution in [0.4, 0.5) is 0 Å². The molecular weight excluding hydrogens is 214 g/mol. The van der Waals surface area contributed by atoms with Crippen LogP contribution in [0.3, 0.4) is 0 Å². The van der Waals surface area contributed by atoms with Gasteiger partial charge in [-0.15, -0.1) is 0 Å². The average molecular weight is 237 g/mol. The summed E-state index contributed by atoms with van der Waals surface area (Å²) in [7, 11) is 3.45. The van der Waals surface area contributed by atoms with Gasteiger partial charge in [-0.25, -0.2) is 0 Å². The fraction of sp³-hybridized carbons (Fsp3) is 0.571. The quantitative estimate of drug-likeness (QED) is 0.788. The number of hydrogen-bond donors (Lipinski definition) is 1. The summed E-state index contributed by atoms with van der Waals surface area (Å²) in [6.45, 7) is 5.87. The van der Waals surface area contributed by atoms with Crippen molar-refractivity contribution in [2.24, 2.45) is 0 Å². The first-order valence-electron chi connectivity index (χ1n) is 6.07. The van der Waals surface area contributed by atoms with Crippen LogP contribution >= 0.6 is 0 Å². The van der Waals surface area contributed by atoms with Gasteiger partial charge in [0, 0.05) is 13.2 Å². The third-order valence-electron chi connectivity index (χ3n) is 2.76. The molecule has 0 amide bonds. The Bertz CT molecular complexity index is 333. The number of likely N-dealkylation sites (N-methyl/N-ethyl adjacent to an activating group) is 1. The molecule has 0 heterocycles. The Morgan fingerprint density at radius 1 is 1.29 bits per heavy atom. The van der Waals surface area contributed by atoms with Crippen LogP contribution < -0.4 is 10.1 Å². The molecule has 1 rings (SSSR count). The van der Waals surface area contributed by atoms with Crippen LogP contribution in [-0.2, 0) is 11.2 Å². The molecule has 96 valence electrons. The van der Waals surface area contributed by atoms with Crippen molar-refractivity contribution in [2.75, 3.05) is 27.4 Å². The molecule has 0 aliphatic carbocycles. The number of ether oxygens (including phenoxy) is 2. The summed E-state index contributed by atoms with van der Waals surface area (Å²) in [6, 6.07) is 6.61. The van der Waals surface area contributed by atoms with Crippen molar-refractivity contribution in [2.45, 2.75) is 26.3 Å². The van der Waals surface area contributed by atoms with Gasteiger partial charge in [-0.3, -0.25) is 0 Å². The van der Waals surface area contributed by atoms with Crippen LogP contribution in [0, 0.1) is 6.92 Å². The minimum atomic E-state index is 0.334. The average Bonchev–Trinajstić information content (AvgIpc) is 2.30. The first kappa shape index (κ1) is 14.0. The Balaban J connectivity index is 2.79. The van der Waals surface area contributed by atoms with Gasteiger partial charge in [-0.1, -0.05) is 24.6 Å². The van der Waals surface area contributed by atoms with Crippen LogP contribution in [0.25, 0.3) is 0 Å². The highest BCUT2D eigenvalue weighted by Crippen LogP contribution is 2.21. The summed E-state index contributed by atoms with van der Waals surface area (Å²) in [5, 5.41) is 3.42. The van der Waals surface area contributed by atoms with Crippen LogP contribution in [0.1, 0.15) is 18.1 Å². The molecule has 3 heteroatoms.